The Balaban J connectivity index is 2.30. The summed E-state index contributed by atoms with van der Waals surface area (Å²) in [6.07, 6.45) is 1.52. The number of aromatic nitrogens is 1. The first-order valence-electron chi connectivity index (χ1n) is 8.14. The number of halogens is 1. The summed E-state index contributed by atoms with van der Waals surface area (Å²) in [7, 11) is 1.40. The van der Waals surface area contributed by atoms with Crippen LogP contribution in [0.3, 0.4) is 0 Å². The number of hydrogen-bond donors (Lipinski definition) is 1. The molecule has 5 nitrogen and oxygen atoms in total. The fraction of sp³-hybridized carbons (Fsp3) is 0.150. The molecule has 0 saturated carbocycles. The van der Waals surface area contributed by atoms with E-state index in [0.29, 0.717) is 11.1 Å². The zero-order valence-electron chi connectivity index (χ0n) is 14.5. The summed E-state index contributed by atoms with van der Waals surface area (Å²) in [6, 6.07) is 14.0. The molecule has 3 rings (SSSR count). The van der Waals surface area contributed by atoms with E-state index in [0.717, 1.165) is 5.56 Å². The number of nitrogens with zero attached hydrogens (tertiary/aromatic N) is 1. The molecule has 0 unspecified atom stereocenters. The molecular formula is C20H19FN2O3. The maximum atomic E-state index is 14.9. The third-order valence-corrected chi connectivity index (χ3v) is 4.04. The van der Waals surface area contributed by atoms with Crippen molar-refractivity contribution in [2.45, 2.75) is 6.92 Å². The van der Waals surface area contributed by atoms with E-state index in [1.807, 2.05) is 30.3 Å². The van der Waals surface area contributed by atoms with Crippen LogP contribution < -0.4 is 10.6 Å². The standard InChI is InChI=1S/C20H19FN2O3/c1-3-26-20(24)19-17(13-8-5-4-6-9-13)15(12-23(19)22)14-10-7-11-16(25-2)18(14)21/h4-12H,3,22H2,1-2H3. The molecule has 0 aliphatic carbocycles. The Morgan fingerprint density at radius 3 is 2.50 bits per heavy atom. The summed E-state index contributed by atoms with van der Waals surface area (Å²) in [4.78, 5) is 12.5. The van der Waals surface area contributed by atoms with Gasteiger partial charge in [-0.25, -0.2) is 9.18 Å². The molecule has 0 bridgehead atoms. The predicted octanol–water partition coefficient (Wildman–Crippen LogP) is 3.86. The normalized spacial score (nSPS) is 10.6. The van der Waals surface area contributed by atoms with Gasteiger partial charge in [0.05, 0.1) is 13.7 Å². The van der Waals surface area contributed by atoms with Crippen molar-refractivity contribution in [3.8, 4) is 28.0 Å². The molecule has 2 N–H and O–H groups in total. The van der Waals surface area contributed by atoms with Crippen LogP contribution in [0.5, 0.6) is 5.75 Å². The Hall–Kier alpha value is -3.28. The highest BCUT2D eigenvalue weighted by Gasteiger charge is 2.26. The van der Waals surface area contributed by atoms with Gasteiger partial charge in [0, 0.05) is 22.9 Å². The van der Waals surface area contributed by atoms with E-state index < -0.39 is 11.8 Å². The zero-order valence-corrected chi connectivity index (χ0v) is 14.5. The van der Waals surface area contributed by atoms with Crippen molar-refractivity contribution in [2.24, 2.45) is 0 Å². The number of benzene rings is 2. The second-order valence-electron chi connectivity index (χ2n) is 5.58. The molecule has 0 spiro atoms. The first-order valence-corrected chi connectivity index (χ1v) is 8.14. The lowest BCUT2D eigenvalue weighted by Gasteiger charge is -2.10. The lowest BCUT2D eigenvalue weighted by atomic mass is 9.96. The molecule has 0 aliphatic heterocycles. The van der Waals surface area contributed by atoms with Crippen LogP contribution >= 0.6 is 0 Å². The highest BCUT2D eigenvalue weighted by Crippen LogP contribution is 2.39. The fourth-order valence-corrected chi connectivity index (χ4v) is 2.91. The van der Waals surface area contributed by atoms with Crippen molar-refractivity contribution < 1.29 is 18.7 Å². The fourth-order valence-electron chi connectivity index (χ4n) is 2.91. The molecule has 3 aromatic rings. The van der Waals surface area contributed by atoms with Crippen LogP contribution in [0.4, 0.5) is 4.39 Å². The minimum absolute atomic E-state index is 0.115. The van der Waals surface area contributed by atoms with Gasteiger partial charge in [-0.1, -0.05) is 42.5 Å². The average molecular weight is 354 g/mol. The van der Waals surface area contributed by atoms with Crippen LogP contribution in [0.15, 0.2) is 54.7 Å². The molecule has 1 aromatic heterocycles. The molecule has 0 amide bonds. The zero-order chi connectivity index (χ0) is 18.7. The van der Waals surface area contributed by atoms with E-state index >= 15 is 0 Å². The predicted molar refractivity (Wildman–Crippen MR) is 97.9 cm³/mol. The number of carbonyl (C=O) groups is 1. The van der Waals surface area contributed by atoms with Crippen molar-refractivity contribution >= 4 is 5.97 Å². The first-order chi connectivity index (χ1) is 12.6. The third kappa shape index (κ3) is 3.01. The highest BCUT2D eigenvalue weighted by atomic mass is 19.1. The van der Waals surface area contributed by atoms with Crippen LogP contribution in [0.2, 0.25) is 0 Å². The molecule has 134 valence electrons. The molecule has 1 heterocycles. The maximum Gasteiger partial charge on any atom is 0.357 e. The third-order valence-electron chi connectivity index (χ3n) is 4.04. The monoisotopic (exact) mass is 354 g/mol. The number of nitrogen functional groups attached to an aromatic ring is 1. The van der Waals surface area contributed by atoms with E-state index in [-0.39, 0.29) is 23.6 Å². The molecule has 2 aromatic carbocycles. The van der Waals surface area contributed by atoms with E-state index in [1.54, 1.807) is 19.1 Å². The maximum absolute atomic E-state index is 14.9. The van der Waals surface area contributed by atoms with Gasteiger partial charge in [0.15, 0.2) is 17.3 Å². The number of rotatable bonds is 5. The molecule has 0 radical (unpaired) electrons. The minimum Gasteiger partial charge on any atom is -0.494 e. The summed E-state index contributed by atoms with van der Waals surface area (Å²) in [5.41, 5.74) is 2.18. The second kappa shape index (κ2) is 7.31. The van der Waals surface area contributed by atoms with Gasteiger partial charge in [-0.3, -0.25) is 4.68 Å². The summed E-state index contributed by atoms with van der Waals surface area (Å²) in [6.45, 7) is 1.92. The van der Waals surface area contributed by atoms with E-state index in [4.69, 9.17) is 15.3 Å². The van der Waals surface area contributed by atoms with Crippen LogP contribution in [0.1, 0.15) is 17.4 Å². The quantitative estimate of drug-likeness (QED) is 0.558. The Bertz CT molecular complexity index is 936. The molecule has 0 fully saturated rings. The Labute approximate surface area is 150 Å². The number of hydrogen-bond acceptors (Lipinski definition) is 4. The van der Waals surface area contributed by atoms with Crippen molar-refractivity contribution in [1.29, 1.82) is 0 Å². The first kappa shape index (κ1) is 17.5. The van der Waals surface area contributed by atoms with Gasteiger partial charge in [0.2, 0.25) is 0 Å². The summed E-state index contributed by atoms with van der Waals surface area (Å²) in [5, 5.41) is 0. The molecule has 0 atom stereocenters. The lowest BCUT2D eigenvalue weighted by Crippen LogP contribution is -2.18. The number of nitrogens with two attached hydrogens (primary N) is 1. The topological polar surface area (TPSA) is 66.5 Å². The molecule has 26 heavy (non-hydrogen) atoms. The lowest BCUT2D eigenvalue weighted by molar-refractivity contribution is 0.0517. The Morgan fingerprint density at radius 1 is 1.12 bits per heavy atom. The molecular weight excluding hydrogens is 335 g/mol. The van der Waals surface area contributed by atoms with Crippen LogP contribution in [0, 0.1) is 5.82 Å². The van der Waals surface area contributed by atoms with Gasteiger partial charge in [-0.15, -0.1) is 0 Å². The van der Waals surface area contributed by atoms with Gasteiger partial charge in [-0.05, 0) is 18.6 Å². The SMILES string of the molecule is CCOC(=O)c1c(-c2ccccc2)c(-c2cccc(OC)c2F)cn1N. The van der Waals surface area contributed by atoms with Crippen LogP contribution in [-0.4, -0.2) is 24.4 Å². The summed E-state index contributed by atoms with van der Waals surface area (Å²) in [5.74, 6) is 5.06. The average Bonchev–Trinajstić information content (AvgIpc) is 3.00. The van der Waals surface area contributed by atoms with Crippen molar-refractivity contribution in [1.82, 2.24) is 4.68 Å². The number of ether oxygens (including phenoxy) is 2. The summed E-state index contributed by atoms with van der Waals surface area (Å²) < 4.78 is 26.2. The molecule has 6 heteroatoms. The van der Waals surface area contributed by atoms with Crippen LogP contribution in [0.25, 0.3) is 22.3 Å². The molecule has 0 aliphatic rings. The second-order valence-corrected chi connectivity index (χ2v) is 5.58. The van der Waals surface area contributed by atoms with E-state index in [1.165, 1.54) is 24.0 Å². The van der Waals surface area contributed by atoms with Gasteiger partial charge >= 0.3 is 5.97 Å². The summed E-state index contributed by atoms with van der Waals surface area (Å²) >= 11 is 0. The molecule has 0 saturated heterocycles. The largest absolute Gasteiger partial charge is 0.494 e. The number of carbonyl (C=O) groups excluding carboxylic acids is 1. The smallest absolute Gasteiger partial charge is 0.357 e. The highest BCUT2D eigenvalue weighted by molar-refractivity contribution is 6.01. The number of methoxy groups -OCH3 is 1. The van der Waals surface area contributed by atoms with Crippen LogP contribution in [-0.2, 0) is 4.74 Å². The van der Waals surface area contributed by atoms with E-state index in [2.05, 4.69) is 0 Å². The number of esters is 1. The van der Waals surface area contributed by atoms with E-state index in [9.17, 15) is 9.18 Å². The van der Waals surface area contributed by atoms with Gasteiger partial charge < -0.3 is 15.3 Å². The van der Waals surface area contributed by atoms with Gasteiger partial charge in [0.1, 0.15) is 0 Å². The Morgan fingerprint density at radius 2 is 1.85 bits per heavy atom. The Kier molecular flexibility index (Phi) is 4.93. The minimum atomic E-state index is -0.566. The van der Waals surface area contributed by atoms with Gasteiger partial charge in [0.25, 0.3) is 0 Å². The van der Waals surface area contributed by atoms with Crippen molar-refractivity contribution in [3.05, 3.63) is 66.2 Å². The van der Waals surface area contributed by atoms with Crippen molar-refractivity contribution in [3.63, 3.8) is 0 Å². The van der Waals surface area contributed by atoms with Crippen molar-refractivity contribution in [2.75, 3.05) is 19.6 Å². The van der Waals surface area contributed by atoms with Gasteiger partial charge in [-0.2, -0.15) is 0 Å².